The van der Waals surface area contributed by atoms with E-state index in [1.807, 2.05) is 29.4 Å². The maximum Gasteiger partial charge on any atom is 0.224 e. The van der Waals surface area contributed by atoms with E-state index in [0.717, 1.165) is 37.4 Å². The molecule has 10 heteroatoms. The maximum atomic E-state index is 8.52. The van der Waals surface area contributed by atoms with E-state index in [-0.39, 0.29) is 11.3 Å². The Hall–Kier alpha value is -2.06. The molecule has 1 atom stereocenters. The predicted octanol–water partition coefficient (Wildman–Crippen LogP) is 2.77. The second kappa shape index (κ2) is 6.83. The molecule has 1 aliphatic rings. The standard InChI is InChI=1S/C17H22Cl2N8/c1-10(27-14-12(25(3)16(27)20)8-21-15(19)23-14)11-4-6-26(7-5-11)17-22-13(18)9-24(17)2/h8-11,20H,4-7H2,1-3H3. The van der Waals surface area contributed by atoms with Gasteiger partial charge in [-0.2, -0.15) is 4.98 Å². The molecule has 1 aliphatic heterocycles. The average molecular weight is 409 g/mol. The molecule has 3 aromatic heterocycles. The topological polar surface area (TPSA) is 80.5 Å². The van der Waals surface area contributed by atoms with Gasteiger partial charge in [-0.25, -0.2) is 9.97 Å². The summed E-state index contributed by atoms with van der Waals surface area (Å²) in [7, 11) is 3.82. The zero-order valence-corrected chi connectivity index (χ0v) is 17.0. The van der Waals surface area contributed by atoms with Crippen LogP contribution in [-0.2, 0) is 14.1 Å². The van der Waals surface area contributed by atoms with Gasteiger partial charge < -0.3 is 14.0 Å². The summed E-state index contributed by atoms with van der Waals surface area (Å²) in [6, 6.07) is 0.138. The lowest BCUT2D eigenvalue weighted by molar-refractivity contribution is 0.286. The molecular weight excluding hydrogens is 387 g/mol. The largest absolute Gasteiger partial charge is 0.342 e. The number of anilines is 1. The summed E-state index contributed by atoms with van der Waals surface area (Å²) in [6.45, 7) is 3.97. The van der Waals surface area contributed by atoms with Crippen LogP contribution in [-0.4, -0.2) is 41.7 Å². The Balaban J connectivity index is 1.58. The van der Waals surface area contributed by atoms with Gasteiger partial charge in [0.05, 0.1) is 6.20 Å². The number of piperidine rings is 1. The van der Waals surface area contributed by atoms with Crippen molar-refractivity contribution >= 4 is 40.3 Å². The van der Waals surface area contributed by atoms with Crippen LogP contribution in [0.1, 0.15) is 25.8 Å². The molecule has 4 rings (SSSR count). The van der Waals surface area contributed by atoms with Gasteiger partial charge in [0, 0.05) is 39.4 Å². The number of imidazole rings is 2. The van der Waals surface area contributed by atoms with Gasteiger partial charge in [0.1, 0.15) is 10.7 Å². The number of nitrogens with zero attached hydrogens (tertiary/aromatic N) is 7. The van der Waals surface area contributed by atoms with Gasteiger partial charge in [-0.1, -0.05) is 11.6 Å². The van der Waals surface area contributed by atoms with E-state index >= 15 is 0 Å². The Kier molecular flexibility index (Phi) is 4.63. The second-order valence-electron chi connectivity index (χ2n) is 7.14. The Morgan fingerprint density at radius 1 is 1.19 bits per heavy atom. The summed E-state index contributed by atoms with van der Waals surface area (Å²) in [6.07, 6.45) is 5.52. The summed E-state index contributed by atoms with van der Waals surface area (Å²) >= 11 is 12.0. The SMILES string of the molecule is CC(C1CCN(c2nc(Cl)cn2C)CC1)n1c(=N)n(C)c2cnc(Cl)nc21. The molecule has 0 spiro atoms. The summed E-state index contributed by atoms with van der Waals surface area (Å²) < 4.78 is 5.74. The van der Waals surface area contributed by atoms with Crippen molar-refractivity contribution in [3.63, 3.8) is 0 Å². The molecule has 144 valence electrons. The smallest absolute Gasteiger partial charge is 0.224 e. The molecule has 1 unspecified atom stereocenters. The van der Waals surface area contributed by atoms with Crippen LogP contribution in [0.25, 0.3) is 11.2 Å². The van der Waals surface area contributed by atoms with E-state index in [1.165, 1.54) is 0 Å². The molecule has 0 aliphatic carbocycles. The van der Waals surface area contributed by atoms with E-state index < -0.39 is 0 Å². The second-order valence-corrected chi connectivity index (χ2v) is 7.87. The van der Waals surface area contributed by atoms with Gasteiger partial charge in [-0.3, -0.25) is 9.98 Å². The molecule has 8 nitrogen and oxygen atoms in total. The molecule has 1 fully saturated rings. The lowest BCUT2D eigenvalue weighted by Crippen LogP contribution is -2.39. The summed E-state index contributed by atoms with van der Waals surface area (Å²) in [5.74, 6) is 1.34. The Labute approximate surface area is 166 Å². The van der Waals surface area contributed by atoms with Crippen LogP contribution in [0.2, 0.25) is 10.4 Å². The molecule has 27 heavy (non-hydrogen) atoms. The highest BCUT2D eigenvalue weighted by molar-refractivity contribution is 6.29. The number of aromatic nitrogens is 6. The first kappa shape index (κ1) is 18.3. The van der Waals surface area contributed by atoms with Crippen molar-refractivity contribution in [2.45, 2.75) is 25.8 Å². The third-order valence-electron chi connectivity index (χ3n) is 5.59. The Bertz CT molecular complexity index is 1040. The molecule has 0 saturated carbocycles. The van der Waals surface area contributed by atoms with Gasteiger partial charge in [-0.05, 0) is 37.3 Å². The van der Waals surface area contributed by atoms with E-state index in [9.17, 15) is 0 Å². The van der Waals surface area contributed by atoms with Crippen molar-refractivity contribution < 1.29 is 0 Å². The molecule has 3 aromatic rings. The predicted molar refractivity (Wildman–Crippen MR) is 105 cm³/mol. The number of fused-ring (bicyclic) bond motifs is 1. The molecule has 1 N–H and O–H groups in total. The summed E-state index contributed by atoms with van der Waals surface area (Å²) in [5.41, 5.74) is 1.94. The van der Waals surface area contributed by atoms with Crippen molar-refractivity contribution in [3.05, 3.63) is 28.4 Å². The fraction of sp³-hybridized carbons (Fsp3) is 0.529. The number of nitrogens with one attached hydrogen (secondary N) is 1. The van der Waals surface area contributed by atoms with Crippen LogP contribution in [0.5, 0.6) is 0 Å². The Morgan fingerprint density at radius 2 is 1.89 bits per heavy atom. The van der Waals surface area contributed by atoms with Crippen molar-refractivity contribution in [1.82, 2.24) is 28.7 Å². The number of hydrogen-bond acceptors (Lipinski definition) is 5. The number of rotatable bonds is 3. The number of hydrogen-bond donors (Lipinski definition) is 1. The van der Waals surface area contributed by atoms with Crippen LogP contribution in [0.3, 0.4) is 0 Å². The number of halogens is 2. The van der Waals surface area contributed by atoms with Crippen LogP contribution in [0.4, 0.5) is 5.95 Å². The fourth-order valence-electron chi connectivity index (χ4n) is 4.03. The van der Waals surface area contributed by atoms with Crippen LogP contribution in [0.15, 0.2) is 12.4 Å². The minimum Gasteiger partial charge on any atom is -0.342 e. The van der Waals surface area contributed by atoms with Crippen molar-refractivity contribution in [3.8, 4) is 0 Å². The first-order chi connectivity index (χ1) is 12.9. The highest BCUT2D eigenvalue weighted by Gasteiger charge is 2.29. The third-order valence-corrected chi connectivity index (χ3v) is 5.95. The quantitative estimate of drug-likeness (QED) is 0.675. The van der Waals surface area contributed by atoms with E-state index in [4.69, 9.17) is 28.6 Å². The van der Waals surface area contributed by atoms with Crippen LogP contribution < -0.4 is 10.5 Å². The first-order valence-electron chi connectivity index (χ1n) is 8.94. The van der Waals surface area contributed by atoms with Crippen molar-refractivity contribution in [2.75, 3.05) is 18.0 Å². The molecule has 4 heterocycles. The lowest BCUT2D eigenvalue weighted by Gasteiger charge is -2.35. The van der Waals surface area contributed by atoms with Crippen LogP contribution in [0, 0.1) is 11.3 Å². The van der Waals surface area contributed by atoms with Gasteiger partial charge in [0.2, 0.25) is 16.9 Å². The molecule has 0 radical (unpaired) electrons. The number of aryl methyl sites for hydroxylation is 2. The van der Waals surface area contributed by atoms with E-state index in [0.29, 0.717) is 22.3 Å². The minimum absolute atomic E-state index is 0.138. The highest BCUT2D eigenvalue weighted by Crippen LogP contribution is 2.31. The molecule has 0 amide bonds. The molecular formula is C17H22Cl2N8. The zero-order chi connectivity index (χ0) is 19.3. The Morgan fingerprint density at radius 3 is 2.52 bits per heavy atom. The average Bonchev–Trinajstić information content (AvgIpc) is 3.11. The monoisotopic (exact) mass is 408 g/mol. The van der Waals surface area contributed by atoms with Crippen molar-refractivity contribution in [1.29, 1.82) is 5.41 Å². The normalized spacial score (nSPS) is 17.0. The highest BCUT2D eigenvalue weighted by atomic mass is 35.5. The van der Waals surface area contributed by atoms with Crippen LogP contribution >= 0.6 is 23.2 Å². The minimum atomic E-state index is 0.138. The first-order valence-corrected chi connectivity index (χ1v) is 9.70. The van der Waals surface area contributed by atoms with Gasteiger partial charge in [0.15, 0.2) is 5.65 Å². The molecule has 0 aromatic carbocycles. The lowest BCUT2D eigenvalue weighted by atomic mass is 9.90. The maximum absolute atomic E-state index is 8.52. The van der Waals surface area contributed by atoms with Gasteiger partial charge in [-0.15, -0.1) is 0 Å². The zero-order valence-electron chi connectivity index (χ0n) is 15.5. The molecule has 0 bridgehead atoms. The molecule has 1 saturated heterocycles. The van der Waals surface area contributed by atoms with E-state index in [1.54, 1.807) is 10.8 Å². The van der Waals surface area contributed by atoms with E-state index in [2.05, 4.69) is 26.8 Å². The fourth-order valence-corrected chi connectivity index (χ4v) is 4.38. The van der Waals surface area contributed by atoms with Gasteiger partial charge in [0.25, 0.3) is 0 Å². The van der Waals surface area contributed by atoms with Crippen molar-refractivity contribution in [2.24, 2.45) is 20.0 Å². The van der Waals surface area contributed by atoms with Gasteiger partial charge >= 0.3 is 0 Å². The summed E-state index contributed by atoms with van der Waals surface area (Å²) in [5, 5.41) is 9.25. The summed E-state index contributed by atoms with van der Waals surface area (Å²) in [4.78, 5) is 15.1. The third kappa shape index (κ3) is 3.10.